The Bertz CT molecular complexity index is 974. The Morgan fingerprint density at radius 3 is 0.953 bits per heavy atom. The molecule has 0 aromatic heterocycles. The number of carbonyl (C=O) groups excluding carboxylic acids is 1. The van der Waals surface area contributed by atoms with Crippen LogP contribution in [0.25, 0.3) is 0 Å². The van der Waals surface area contributed by atoms with E-state index < -0.39 is 12.1 Å². The predicted molar refractivity (Wildman–Crippen MR) is 285 cm³/mol. The standard InChI is InChI=1S/C60H115NO3/c1-3-5-7-9-11-13-15-17-19-21-22-23-24-25-26-27-28-29-30-31-32-33-34-35-36-37-38-40-42-44-46-48-50-52-54-56-60(64)61-58(57-62)59(63)55-53-51-49-47-45-43-41-39-20-18-16-14-12-10-8-6-4-2/h15,17,21-22,24-25,58-59,62-63H,3-14,16,18-20,23,26-57H2,1-2H3,(H,61,64)/b17-15-,22-21-,25-24-. The minimum absolute atomic E-state index is 0.0258. The largest absolute Gasteiger partial charge is 0.394 e. The summed E-state index contributed by atoms with van der Waals surface area (Å²) in [5, 5.41) is 23.3. The van der Waals surface area contributed by atoms with Crippen LogP contribution in [0, 0.1) is 0 Å². The predicted octanol–water partition coefficient (Wildman–Crippen LogP) is 19.3. The number of rotatable bonds is 54. The van der Waals surface area contributed by atoms with Crippen LogP contribution in [0.2, 0.25) is 0 Å². The molecule has 0 bridgehead atoms. The van der Waals surface area contributed by atoms with Crippen LogP contribution in [-0.2, 0) is 4.79 Å². The number of aliphatic hydroxyl groups is 2. The van der Waals surface area contributed by atoms with E-state index in [-0.39, 0.29) is 12.5 Å². The molecule has 2 atom stereocenters. The first-order valence-corrected chi connectivity index (χ1v) is 29.2. The topological polar surface area (TPSA) is 69.6 Å². The zero-order chi connectivity index (χ0) is 46.3. The molecular formula is C60H115NO3. The molecule has 0 fully saturated rings. The Kier molecular flexibility index (Phi) is 54.7. The molecule has 0 spiro atoms. The molecule has 0 saturated carbocycles. The lowest BCUT2D eigenvalue weighted by Gasteiger charge is -2.22. The molecule has 0 aromatic rings. The van der Waals surface area contributed by atoms with Gasteiger partial charge in [-0.3, -0.25) is 4.79 Å². The summed E-state index contributed by atoms with van der Waals surface area (Å²) < 4.78 is 0. The van der Waals surface area contributed by atoms with E-state index in [0.29, 0.717) is 12.8 Å². The molecule has 0 aliphatic rings. The minimum atomic E-state index is -0.658. The highest BCUT2D eigenvalue weighted by molar-refractivity contribution is 5.76. The molecular weight excluding hydrogens is 783 g/mol. The van der Waals surface area contributed by atoms with Crippen LogP contribution in [0.4, 0.5) is 0 Å². The number of amides is 1. The van der Waals surface area contributed by atoms with Crippen LogP contribution in [-0.4, -0.2) is 34.9 Å². The highest BCUT2D eigenvalue weighted by atomic mass is 16.3. The van der Waals surface area contributed by atoms with Crippen molar-refractivity contribution in [2.75, 3.05) is 6.61 Å². The quantitative estimate of drug-likeness (QED) is 0.0421. The highest BCUT2D eigenvalue weighted by Gasteiger charge is 2.20. The molecule has 0 aliphatic carbocycles. The summed E-state index contributed by atoms with van der Waals surface area (Å²) in [5.74, 6) is -0.0258. The zero-order valence-corrected chi connectivity index (χ0v) is 43.6. The minimum Gasteiger partial charge on any atom is -0.394 e. The van der Waals surface area contributed by atoms with E-state index in [9.17, 15) is 15.0 Å². The number of hydrogen-bond donors (Lipinski definition) is 3. The van der Waals surface area contributed by atoms with Gasteiger partial charge in [0.05, 0.1) is 18.8 Å². The van der Waals surface area contributed by atoms with Crippen LogP contribution < -0.4 is 5.32 Å². The number of hydrogen-bond acceptors (Lipinski definition) is 3. The van der Waals surface area contributed by atoms with Gasteiger partial charge in [0, 0.05) is 6.42 Å². The van der Waals surface area contributed by atoms with Gasteiger partial charge < -0.3 is 15.5 Å². The summed E-state index contributed by atoms with van der Waals surface area (Å²) >= 11 is 0. The smallest absolute Gasteiger partial charge is 0.220 e. The maximum Gasteiger partial charge on any atom is 0.220 e. The van der Waals surface area contributed by atoms with Crippen molar-refractivity contribution < 1.29 is 15.0 Å². The van der Waals surface area contributed by atoms with Crippen molar-refractivity contribution >= 4 is 5.91 Å². The molecule has 4 heteroatoms. The zero-order valence-electron chi connectivity index (χ0n) is 43.6. The molecule has 0 radical (unpaired) electrons. The number of nitrogens with one attached hydrogen (secondary N) is 1. The Balaban J connectivity index is 3.41. The van der Waals surface area contributed by atoms with Crippen LogP contribution in [0.5, 0.6) is 0 Å². The van der Waals surface area contributed by atoms with Crippen LogP contribution in [0.15, 0.2) is 36.5 Å². The van der Waals surface area contributed by atoms with Crippen molar-refractivity contribution in [1.29, 1.82) is 0 Å². The second kappa shape index (κ2) is 55.9. The maximum absolute atomic E-state index is 12.5. The summed E-state index contributed by atoms with van der Waals surface area (Å²) in [5.41, 5.74) is 0. The van der Waals surface area contributed by atoms with Gasteiger partial charge in [-0.15, -0.1) is 0 Å². The van der Waals surface area contributed by atoms with Gasteiger partial charge in [-0.05, 0) is 51.4 Å². The first kappa shape index (κ1) is 62.6. The van der Waals surface area contributed by atoms with Gasteiger partial charge in [0.15, 0.2) is 0 Å². The fourth-order valence-corrected chi connectivity index (χ4v) is 9.20. The first-order chi connectivity index (χ1) is 31.7. The summed E-state index contributed by atoms with van der Waals surface area (Å²) in [6.45, 7) is 4.37. The van der Waals surface area contributed by atoms with Gasteiger partial charge in [0.25, 0.3) is 0 Å². The summed E-state index contributed by atoms with van der Waals surface area (Å²) in [4.78, 5) is 12.5. The number of unbranched alkanes of at least 4 members (excludes halogenated alkanes) is 41. The number of carbonyl (C=O) groups is 1. The Morgan fingerprint density at radius 2 is 0.641 bits per heavy atom. The molecule has 0 aromatic carbocycles. The van der Waals surface area contributed by atoms with E-state index in [2.05, 4.69) is 55.6 Å². The van der Waals surface area contributed by atoms with Gasteiger partial charge in [-0.25, -0.2) is 0 Å². The van der Waals surface area contributed by atoms with E-state index in [4.69, 9.17) is 0 Å². The molecule has 64 heavy (non-hydrogen) atoms. The maximum atomic E-state index is 12.5. The molecule has 0 rings (SSSR count). The second-order valence-electron chi connectivity index (χ2n) is 20.1. The molecule has 3 N–H and O–H groups in total. The van der Waals surface area contributed by atoms with Gasteiger partial charge in [0.2, 0.25) is 5.91 Å². The van der Waals surface area contributed by atoms with E-state index in [0.717, 1.165) is 38.5 Å². The summed E-state index contributed by atoms with van der Waals surface area (Å²) in [6, 6.07) is -0.534. The summed E-state index contributed by atoms with van der Waals surface area (Å²) in [7, 11) is 0. The molecule has 1 amide bonds. The van der Waals surface area contributed by atoms with Crippen molar-refractivity contribution in [2.24, 2.45) is 0 Å². The third-order valence-electron chi connectivity index (χ3n) is 13.7. The average molecular weight is 899 g/mol. The van der Waals surface area contributed by atoms with E-state index in [1.807, 2.05) is 0 Å². The SMILES string of the molecule is CCCCCCC/C=C\C/C=C\C/C=C\CCCCCCCCCCCCCCCCCCCCCCC(=O)NC(CO)C(O)CCCCCCCCCCCCCCCCCCC. The van der Waals surface area contributed by atoms with Gasteiger partial charge in [0.1, 0.15) is 0 Å². The number of aliphatic hydroxyl groups excluding tert-OH is 2. The van der Waals surface area contributed by atoms with Crippen LogP contribution in [0.3, 0.4) is 0 Å². The third kappa shape index (κ3) is 51.6. The van der Waals surface area contributed by atoms with Gasteiger partial charge in [-0.2, -0.15) is 0 Å². The highest BCUT2D eigenvalue weighted by Crippen LogP contribution is 2.18. The van der Waals surface area contributed by atoms with E-state index >= 15 is 0 Å². The lowest BCUT2D eigenvalue weighted by atomic mass is 10.0. The molecule has 2 unspecified atom stereocenters. The third-order valence-corrected chi connectivity index (χ3v) is 13.7. The molecule has 4 nitrogen and oxygen atoms in total. The average Bonchev–Trinajstić information content (AvgIpc) is 3.30. The number of allylic oxidation sites excluding steroid dienone is 6. The van der Waals surface area contributed by atoms with Crippen molar-refractivity contribution in [1.82, 2.24) is 5.32 Å². The van der Waals surface area contributed by atoms with Gasteiger partial charge >= 0.3 is 0 Å². The Morgan fingerprint density at radius 1 is 0.375 bits per heavy atom. The fraction of sp³-hybridized carbons (Fsp3) is 0.883. The lowest BCUT2D eigenvalue weighted by molar-refractivity contribution is -0.123. The molecule has 0 aliphatic heterocycles. The molecule has 378 valence electrons. The molecule has 0 saturated heterocycles. The van der Waals surface area contributed by atoms with Crippen molar-refractivity contribution in [3.63, 3.8) is 0 Å². The first-order valence-electron chi connectivity index (χ1n) is 29.2. The van der Waals surface area contributed by atoms with E-state index in [1.54, 1.807) is 0 Å². The van der Waals surface area contributed by atoms with Crippen LogP contribution >= 0.6 is 0 Å². The van der Waals surface area contributed by atoms with E-state index in [1.165, 1.54) is 257 Å². The summed E-state index contributed by atoms with van der Waals surface area (Å²) in [6.07, 6.45) is 75.7. The normalized spacial score (nSPS) is 13.0. The second-order valence-corrected chi connectivity index (χ2v) is 20.1. The Hall–Kier alpha value is -1.39. The Labute approximate surface area is 402 Å². The lowest BCUT2D eigenvalue weighted by Crippen LogP contribution is -2.45. The van der Waals surface area contributed by atoms with Crippen LogP contribution in [0.1, 0.15) is 322 Å². The van der Waals surface area contributed by atoms with Crippen molar-refractivity contribution in [2.45, 2.75) is 334 Å². The monoisotopic (exact) mass is 898 g/mol. The van der Waals surface area contributed by atoms with Gasteiger partial charge in [-0.1, -0.05) is 301 Å². The molecule has 0 heterocycles. The van der Waals surface area contributed by atoms with Crippen molar-refractivity contribution in [3.8, 4) is 0 Å². The fourth-order valence-electron chi connectivity index (χ4n) is 9.20. The van der Waals surface area contributed by atoms with Crippen molar-refractivity contribution in [3.05, 3.63) is 36.5 Å².